The van der Waals surface area contributed by atoms with Gasteiger partial charge in [0.05, 0.1) is 33.5 Å². The van der Waals surface area contributed by atoms with Crippen LogP contribution in [-0.2, 0) is 0 Å². The first-order valence-corrected chi connectivity index (χ1v) is 23.4. The Morgan fingerprint density at radius 1 is 0.261 bits per heavy atom. The molecule has 0 amide bonds. The van der Waals surface area contributed by atoms with Crippen LogP contribution in [0.3, 0.4) is 0 Å². The van der Waals surface area contributed by atoms with Gasteiger partial charge < -0.3 is 14.0 Å². The Morgan fingerprint density at radius 3 is 1.09 bits per heavy atom. The summed E-state index contributed by atoms with van der Waals surface area (Å²) in [5.41, 5.74) is 17.4. The summed E-state index contributed by atoms with van der Waals surface area (Å²) in [5.74, 6) is 0.695. The van der Waals surface area contributed by atoms with Crippen LogP contribution in [0.25, 0.3) is 100 Å². The van der Waals surface area contributed by atoms with Gasteiger partial charge in [0, 0.05) is 66.7 Å². The predicted octanol–water partition coefficient (Wildman–Crippen LogP) is 16.8. The van der Waals surface area contributed by atoms with E-state index in [0.717, 1.165) is 67.5 Å². The molecule has 0 fully saturated rings. The van der Waals surface area contributed by atoms with Crippen molar-refractivity contribution < 1.29 is 0 Å². The summed E-state index contributed by atoms with van der Waals surface area (Å²) in [6.07, 6.45) is 0. The molecule has 10 aromatic carbocycles. The molecule has 0 saturated carbocycles. The molecule has 5 nitrogen and oxygen atoms in total. The maximum Gasteiger partial charge on any atom is 0.160 e. The van der Waals surface area contributed by atoms with Crippen molar-refractivity contribution in [3.05, 3.63) is 261 Å². The molecule has 0 spiro atoms. The highest BCUT2D eigenvalue weighted by Crippen LogP contribution is 2.40. The van der Waals surface area contributed by atoms with Gasteiger partial charge >= 0.3 is 0 Å². The standard InChI is InChI=1S/C64H43N5/c1-5-17-44(18-6-1)58-43-59(45-19-7-2-8-20-45)66-64(65-58)46-29-33-52(34-30-46)68-60-27-15-13-25-54(60)56-41-47(31-39-62(56)68)48-32-40-63-57(42-48)55-26-14-16-28-61(55)69(63)53-37-35-51(36-38-53)67(49-21-9-3-10-22-49)50-23-11-4-12-24-50/h1-43H. The maximum absolute atomic E-state index is 5.09. The first kappa shape index (κ1) is 40.0. The van der Waals surface area contributed by atoms with Gasteiger partial charge in [-0.2, -0.15) is 0 Å². The molecule has 69 heavy (non-hydrogen) atoms. The van der Waals surface area contributed by atoms with Crippen molar-refractivity contribution >= 4 is 60.7 Å². The molecule has 13 aromatic rings. The highest BCUT2D eigenvalue weighted by molar-refractivity contribution is 6.12. The minimum Gasteiger partial charge on any atom is -0.311 e. The van der Waals surface area contributed by atoms with E-state index in [2.05, 4.69) is 263 Å². The van der Waals surface area contributed by atoms with Crippen molar-refractivity contribution in [2.45, 2.75) is 0 Å². The molecule has 5 heteroatoms. The zero-order valence-electron chi connectivity index (χ0n) is 37.6. The number of hydrogen-bond donors (Lipinski definition) is 0. The van der Waals surface area contributed by atoms with Crippen molar-refractivity contribution in [1.82, 2.24) is 19.1 Å². The average molecular weight is 882 g/mol. The molecule has 0 atom stereocenters. The van der Waals surface area contributed by atoms with Gasteiger partial charge in [-0.1, -0.05) is 146 Å². The van der Waals surface area contributed by atoms with Crippen LogP contribution >= 0.6 is 0 Å². The lowest BCUT2D eigenvalue weighted by Crippen LogP contribution is -2.09. The Balaban J connectivity index is 0.864. The molecule has 0 aliphatic rings. The van der Waals surface area contributed by atoms with Crippen molar-refractivity contribution in [2.24, 2.45) is 0 Å². The molecule has 0 unspecified atom stereocenters. The SMILES string of the molecule is c1ccc(-c2cc(-c3ccccc3)nc(-c3ccc(-n4c5ccccc5c5cc(-c6ccc7c(c6)c6ccccc6n7-c6ccc(N(c7ccccc7)c7ccccc7)cc6)ccc54)cc3)n2)cc1. The molecule has 0 radical (unpaired) electrons. The fraction of sp³-hybridized carbons (Fsp3) is 0. The zero-order chi connectivity index (χ0) is 45.7. The third-order valence-electron chi connectivity index (χ3n) is 13.3. The largest absolute Gasteiger partial charge is 0.311 e. The lowest BCUT2D eigenvalue weighted by molar-refractivity contribution is 1.16. The number of hydrogen-bond acceptors (Lipinski definition) is 3. The number of benzene rings is 10. The first-order chi connectivity index (χ1) is 34.2. The van der Waals surface area contributed by atoms with Gasteiger partial charge in [-0.25, -0.2) is 9.97 Å². The highest BCUT2D eigenvalue weighted by atomic mass is 15.1. The van der Waals surface area contributed by atoms with Crippen LogP contribution in [0.5, 0.6) is 0 Å². The molecule has 324 valence electrons. The summed E-state index contributed by atoms with van der Waals surface area (Å²) in [6.45, 7) is 0. The number of rotatable bonds is 9. The van der Waals surface area contributed by atoms with Crippen LogP contribution in [-0.4, -0.2) is 19.1 Å². The molecule has 0 saturated heterocycles. The van der Waals surface area contributed by atoms with Crippen LogP contribution in [0.1, 0.15) is 0 Å². The van der Waals surface area contributed by atoms with Crippen LogP contribution in [0, 0.1) is 0 Å². The van der Waals surface area contributed by atoms with Gasteiger partial charge in [0.2, 0.25) is 0 Å². The molecular weight excluding hydrogens is 839 g/mol. The normalized spacial score (nSPS) is 11.5. The summed E-state index contributed by atoms with van der Waals surface area (Å²) in [4.78, 5) is 12.5. The summed E-state index contributed by atoms with van der Waals surface area (Å²) in [6, 6.07) is 92.8. The number of fused-ring (bicyclic) bond motifs is 6. The van der Waals surface area contributed by atoms with Crippen molar-refractivity contribution in [2.75, 3.05) is 4.90 Å². The lowest BCUT2D eigenvalue weighted by Gasteiger charge is -2.25. The van der Waals surface area contributed by atoms with Gasteiger partial charge in [0.1, 0.15) is 0 Å². The molecule has 0 N–H and O–H groups in total. The monoisotopic (exact) mass is 881 g/mol. The average Bonchev–Trinajstić information content (AvgIpc) is 3.94. The molecule has 13 rings (SSSR count). The van der Waals surface area contributed by atoms with E-state index in [4.69, 9.17) is 9.97 Å². The van der Waals surface area contributed by atoms with Crippen molar-refractivity contribution in [3.8, 4) is 56.4 Å². The number of nitrogens with zero attached hydrogens (tertiary/aromatic N) is 5. The topological polar surface area (TPSA) is 38.9 Å². The molecule has 0 aliphatic heterocycles. The van der Waals surface area contributed by atoms with E-state index < -0.39 is 0 Å². The Morgan fingerprint density at radius 2 is 0.623 bits per heavy atom. The molecule has 3 aromatic heterocycles. The second-order valence-electron chi connectivity index (χ2n) is 17.4. The Kier molecular flexibility index (Phi) is 9.76. The molecule has 0 bridgehead atoms. The summed E-state index contributed by atoms with van der Waals surface area (Å²) < 4.78 is 4.76. The lowest BCUT2D eigenvalue weighted by atomic mass is 10.0. The number of aromatic nitrogens is 4. The van der Waals surface area contributed by atoms with Crippen LogP contribution in [0.15, 0.2) is 261 Å². The van der Waals surface area contributed by atoms with Gasteiger partial charge in [-0.05, 0) is 126 Å². The molecular formula is C64H43N5. The quantitative estimate of drug-likeness (QED) is 0.145. The molecule has 0 aliphatic carbocycles. The van der Waals surface area contributed by atoms with E-state index in [1.54, 1.807) is 0 Å². The van der Waals surface area contributed by atoms with Crippen molar-refractivity contribution in [1.29, 1.82) is 0 Å². The maximum atomic E-state index is 5.09. The van der Waals surface area contributed by atoms with E-state index >= 15 is 0 Å². The fourth-order valence-electron chi connectivity index (χ4n) is 10.1. The second-order valence-corrected chi connectivity index (χ2v) is 17.4. The number of anilines is 3. The van der Waals surface area contributed by atoms with Crippen LogP contribution < -0.4 is 4.90 Å². The van der Waals surface area contributed by atoms with Gasteiger partial charge in [-0.3, -0.25) is 0 Å². The Bertz CT molecular complexity index is 3880. The van der Waals surface area contributed by atoms with E-state index in [0.29, 0.717) is 5.82 Å². The van der Waals surface area contributed by atoms with E-state index in [1.165, 1.54) is 43.7 Å². The summed E-state index contributed by atoms with van der Waals surface area (Å²) >= 11 is 0. The Labute approximate surface area is 400 Å². The van der Waals surface area contributed by atoms with Gasteiger partial charge in [-0.15, -0.1) is 0 Å². The third-order valence-corrected chi connectivity index (χ3v) is 13.3. The Hall–Kier alpha value is -9.32. The van der Waals surface area contributed by atoms with Crippen LogP contribution in [0.2, 0.25) is 0 Å². The van der Waals surface area contributed by atoms with Crippen molar-refractivity contribution in [3.63, 3.8) is 0 Å². The van der Waals surface area contributed by atoms with E-state index in [1.807, 2.05) is 12.1 Å². The second kappa shape index (κ2) is 16.8. The predicted molar refractivity (Wildman–Crippen MR) is 287 cm³/mol. The minimum absolute atomic E-state index is 0.695. The third kappa shape index (κ3) is 7.12. The van der Waals surface area contributed by atoms with E-state index in [-0.39, 0.29) is 0 Å². The summed E-state index contributed by atoms with van der Waals surface area (Å²) in [7, 11) is 0. The van der Waals surface area contributed by atoms with Gasteiger partial charge in [0.25, 0.3) is 0 Å². The smallest absolute Gasteiger partial charge is 0.160 e. The van der Waals surface area contributed by atoms with Crippen LogP contribution in [0.4, 0.5) is 17.1 Å². The highest BCUT2D eigenvalue weighted by Gasteiger charge is 2.18. The summed E-state index contributed by atoms with van der Waals surface area (Å²) in [5, 5.41) is 4.87. The first-order valence-electron chi connectivity index (χ1n) is 23.4. The van der Waals surface area contributed by atoms with Gasteiger partial charge in [0.15, 0.2) is 5.82 Å². The molecule has 3 heterocycles. The zero-order valence-corrected chi connectivity index (χ0v) is 37.6. The minimum atomic E-state index is 0.695. The number of para-hydroxylation sites is 4. The fourth-order valence-corrected chi connectivity index (χ4v) is 10.1. The van der Waals surface area contributed by atoms with E-state index in [9.17, 15) is 0 Å².